The van der Waals surface area contributed by atoms with E-state index in [9.17, 15) is 9.90 Å². The lowest BCUT2D eigenvalue weighted by Gasteiger charge is -2.38. The molecule has 1 N–H and O–H groups in total. The molecule has 0 radical (unpaired) electrons. The maximum Gasteiger partial charge on any atom is 0.309 e. The molecule has 20 heavy (non-hydrogen) atoms. The van der Waals surface area contributed by atoms with Crippen molar-refractivity contribution in [2.24, 2.45) is 17.3 Å². The minimum atomic E-state index is -0.563. The molecule has 3 heteroatoms. The van der Waals surface area contributed by atoms with Gasteiger partial charge in [0.1, 0.15) is 0 Å². The molecule has 116 valence electrons. The second-order valence-electron chi connectivity index (χ2n) is 7.19. The fraction of sp³-hybridized carbons (Fsp3) is 0.941. The van der Waals surface area contributed by atoms with Crippen LogP contribution in [0.2, 0.25) is 0 Å². The zero-order valence-electron chi connectivity index (χ0n) is 13.1. The minimum absolute atomic E-state index is 0.396. The summed E-state index contributed by atoms with van der Waals surface area (Å²) < 4.78 is 5.64. The Hall–Kier alpha value is -0.570. The van der Waals surface area contributed by atoms with Crippen LogP contribution in [0.15, 0.2) is 0 Å². The van der Waals surface area contributed by atoms with Crippen molar-refractivity contribution < 1.29 is 14.6 Å². The summed E-state index contributed by atoms with van der Waals surface area (Å²) in [5.74, 6) is 0.848. The van der Waals surface area contributed by atoms with Crippen molar-refractivity contribution in [2.45, 2.75) is 77.7 Å². The Bertz CT molecular complexity index is 310. The van der Waals surface area contributed by atoms with Crippen molar-refractivity contribution in [3.63, 3.8) is 0 Å². The molecule has 0 bridgehead atoms. The van der Waals surface area contributed by atoms with E-state index in [1.165, 1.54) is 6.42 Å². The molecule has 0 aromatic carbocycles. The lowest BCUT2D eigenvalue weighted by atomic mass is 9.66. The van der Waals surface area contributed by atoms with Crippen molar-refractivity contribution in [3.05, 3.63) is 0 Å². The van der Waals surface area contributed by atoms with E-state index in [0.717, 1.165) is 63.9 Å². The van der Waals surface area contributed by atoms with Crippen LogP contribution in [-0.2, 0) is 9.53 Å². The third kappa shape index (κ3) is 3.75. The smallest absolute Gasteiger partial charge is 0.309 e. The average Bonchev–Trinajstić information content (AvgIpc) is 2.92. The molecule has 1 saturated heterocycles. The molecule has 0 aromatic heterocycles. The van der Waals surface area contributed by atoms with E-state index in [1.807, 2.05) is 0 Å². The van der Waals surface area contributed by atoms with Gasteiger partial charge in [-0.2, -0.15) is 0 Å². The molecule has 1 aliphatic carbocycles. The first kappa shape index (κ1) is 15.8. The summed E-state index contributed by atoms with van der Waals surface area (Å²) in [6.07, 6.45) is 9.54. The number of rotatable bonds is 6. The number of hydrogen-bond acceptors (Lipinski definition) is 2. The molecule has 1 saturated carbocycles. The van der Waals surface area contributed by atoms with Crippen LogP contribution in [0.5, 0.6) is 0 Å². The first-order valence-corrected chi connectivity index (χ1v) is 8.38. The summed E-state index contributed by atoms with van der Waals surface area (Å²) in [4.78, 5) is 11.7. The maximum atomic E-state index is 11.7. The molecule has 1 atom stereocenters. The van der Waals surface area contributed by atoms with Crippen molar-refractivity contribution in [3.8, 4) is 0 Å². The highest BCUT2D eigenvalue weighted by Gasteiger charge is 2.41. The Morgan fingerprint density at radius 3 is 2.50 bits per heavy atom. The van der Waals surface area contributed by atoms with Gasteiger partial charge in [0.15, 0.2) is 0 Å². The first-order valence-electron chi connectivity index (χ1n) is 8.38. The number of carboxylic acid groups (broad SMARTS) is 1. The first-order chi connectivity index (χ1) is 9.53. The highest BCUT2D eigenvalue weighted by Crippen LogP contribution is 2.45. The summed E-state index contributed by atoms with van der Waals surface area (Å²) in [7, 11) is 0. The van der Waals surface area contributed by atoms with Crippen LogP contribution in [0.3, 0.4) is 0 Å². The Balaban J connectivity index is 1.82. The Morgan fingerprint density at radius 1 is 1.30 bits per heavy atom. The van der Waals surface area contributed by atoms with Gasteiger partial charge in [-0.1, -0.05) is 13.8 Å². The van der Waals surface area contributed by atoms with E-state index >= 15 is 0 Å². The van der Waals surface area contributed by atoms with E-state index in [0.29, 0.717) is 12.0 Å². The van der Waals surface area contributed by atoms with Gasteiger partial charge in [-0.15, -0.1) is 0 Å². The number of carbonyl (C=O) groups is 1. The third-order valence-corrected chi connectivity index (χ3v) is 5.59. The predicted molar refractivity (Wildman–Crippen MR) is 79.7 cm³/mol. The maximum absolute atomic E-state index is 11.7. The van der Waals surface area contributed by atoms with Gasteiger partial charge in [0.2, 0.25) is 0 Å². The Morgan fingerprint density at radius 2 is 2.00 bits per heavy atom. The van der Waals surface area contributed by atoms with E-state index in [2.05, 4.69) is 13.8 Å². The normalized spacial score (nSPS) is 34.5. The standard InChI is InChI=1S/C17H30O3/c1-13(2)14-7-10-17(11-8-14,16(18)19)9-3-5-15-6-4-12-20-15/h13-15H,3-12H2,1-2H3,(H,18,19). The summed E-state index contributed by atoms with van der Waals surface area (Å²) in [5, 5.41) is 9.67. The highest BCUT2D eigenvalue weighted by atomic mass is 16.5. The van der Waals surface area contributed by atoms with Gasteiger partial charge in [-0.05, 0) is 69.6 Å². The molecule has 3 nitrogen and oxygen atoms in total. The second kappa shape index (κ2) is 6.93. The van der Waals surface area contributed by atoms with Crippen LogP contribution in [-0.4, -0.2) is 23.8 Å². The molecule has 0 amide bonds. The molecule has 1 heterocycles. The molecule has 1 unspecified atom stereocenters. The zero-order valence-corrected chi connectivity index (χ0v) is 13.1. The minimum Gasteiger partial charge on any atom is -0.481 e. The van der Waals surface area contributed by atoms with Crippen LogP contribution in [0.4, 0.5) is 0 Å². The molecule has 2 aliphatic rings. The topological polar surface area (TPSA) is 46.5 Å². The van der Waals surface area contributed by atoms with E-state index < -0.39 is 11.4 Å². The molecule has 2 fully saturated rings. The van der Waals surface area contributed by atoms with Crippen molar-refractivity contribution in [1.29, 1.82) is 0 Å². The van der Waals surface area contributed by atoms with Gasteiger partial charge >= 0.3 is 5.97 Å². The van der Waals surface area contributed by atoms with Crippen LogP contribution >= 0.6 is 0 Å². The molecule has 0 spiro atoms. The SMILES string of the molecule is CC(C)C1CCC(CCCC2CCCO2)(C(=O)O)CC1. The number of hydrogen-bond donors (Lipinski definition) is 1. The number of carboxylic acids is 1. The largest absolute Gasteiger partial charge is 0.481 e. The van der Waals surface area contributed by atoms with Crippen LogP contribution in [0.25, 0.3) is 0 Å². The van der Waals surface area contributed by atoms with Gasteiger partial charge in [0.05, 0.1) is 11.5 Å². The summed E-state index contributed by atoms with van der Waals surface area (Å²) in [6.45, 7) is 5.41. The Kier molecular flexibility index (Phi) is 5.48. The predicted octanol–water partition coefficient (Wildman–Crippen LogP) is 4.25. The summed E-state index contributed by atoms with van der Waals surface area (Å²) >= 11 is 0. The zero-order chi connectivity index (χ0) is 14.6. The lowest BCUT2D eigenvalue weighted by molar-refractivity contribution is -0.152. The fourth-order valence-corrected chi connectivity index (χ4v) is 3.97. The average molecular weight is 282 g/mol. The van der Waals surface area contributed by atoms with Gasteiger partial charge in [0.25, 0.3) is 0 Å². The van der Waals surface area contributed by atoms with Gasteiger partial charge < -0.3 is 9.84 Å². The van der Waals surface area contributed by atoms with Crippen LogP contribution in [0.1, 0.15) is 71.6 Å². The monoisotopic (exact) mass is 282 g/mol. The molecule has 0 aromatic rings. The fourth-order valence-electron chi connectivity index (χ4n) is 3.97. The quantitative estimate of drug-likeness (QED) is 0.792. The second-order valence-corrected chi connectivity index (χ2v) is 7.19. The Labute approximate surface area is 123 Å². The van der Waals surface area contributed by atoms with Crippen LogP contribution in [0, 0.1) is 17.3 Å². The van der Waals surface area contributed by atoms with Gasteiger partial charge in [-0.25, -0.2) is 0 Å². The summed E-state index contributed by atoms with van der Waals surface area (Å²) in [5.41, 5.74) is -0.440. The summed E-state index contributed by atoms with van der Waals surface area (Å²) in [6, 6.07) is 0. The molecule has 1 aliphatic heterocycles. The molecular formula is C17H30O3. The number of aliphatic carboxylic acids is 1. The molecule has 2 rings (SSSR count). The van der Waals surface area contributed by atoms with Crippen molar-refractivity contribution in [1.82, 2.24) is 0 Å². The number of ether oxygens (including phenoxy) is 1. The lowest BCUT2D eigenvalue weighted by Crippen LogP contribution is -2.36. The van der Waals surface area contributed by atoms with E-state index in [1.54, 1.807) is 0 Å². The highest BCUT2D eigenvalue weighted by molar-refractivity contribution is 5.74. The molecular weight excluding hydrogens is 252 g/mol. The third-order valence-electron chi connectivity index (χ3n) is 5.59. The van der Waals surface area contributed by atoms with Crippen molar-refractivity contribution in [2.75, 3.05) is 6.61 Å². The van der Waals surface area contributed by atoms with Crippen LogP contribution < -0.4 is 0 Å². The van der Waals surface area contributed by atoms with E-state index in [-0.39, 0.29) is 0 Å². The van der Waals surface area contributed by atoms with Crippen molar-refractivity contribution >= 4 is 5.97 Å². The van der Waals surface area contributed by atoms with Gasteiger partial charge in [0, 0.05) is 6.61 Å². The van der Waals surface area contributed by atoms with E-state index in [4.69, 9.17) is 4.74 Å². The van der Waals surface area contributed by atoms with Gasteiger partial charge in [-0.3, -0.25) is 4.79 Å².